The van der Waals surface area contributed by atoms with Gasteiger partial charge in [-0.25, -0.2) is 4.79 Å². The molecule has 8 heteroatoms. The molecule has 2 rings (SSSR count). The summed E-state index contributed by atoms with van der Waals surface area (Å²) < 4.78 is 43.6. The average Bonchev–Trinajstić information content (AvgIpc) is 2.37. The van der Waals surface area contributed by atoms with Gasteiger partial charge in [0.25, 0.3) is 0 Å². The van der Waals surface area contributed by atoms with E-state index < -0.39 is 17.8 Å². The third-order valence-electron chi connectivity index (χ3n) is 2.87. The van der Waals surface area contributed by atoms with Crippen molar-refractivity contribution >= 4 is 17.5 Å². The number of anilines is 2. The fourth-order valence-corrected chi connectivity index (χ4v) is 1.97. The number of carbonyl (C=O) groups is 1. The number of morpholine rings is 1. The maximum atomic E-state index is 12.8. The van der Waals surface area contributed by atoms with Gasteiger partial charge in [0.2, 0.25) is 0 Å². The zero-order valence-electron chi connectivity index (χ0n) is 10.4. The minimum atomic E-state index is -4.53. The summed E-state index contributed by atoms with van der Waals surface area (Å²) in [7, 11) is 0. The number of halogens is 3. The molecule has 0 bridgehead atoms. The zero-order chi connectivity index (χ0) is 14.8. The fraction of sp³-hybridized carbons (Fsp3) is 0.417. The maximum Gasteiger partial charge on any atom is 0.416 e. The summed E-state index contributed by atoms with van der Waals surface area (Å²) in [5.74, 6) is 0. The Kier molecular flexibility index (Phi) is 4.03. The molecular weight excluding hydrogens is 277 g/mol. The van der Waals surface area contributed by atoms with Gasteiger partial charge in [-0.3, -0.25) is 5.32 Å². The van der Waals surface area contributed by atoms with Crippen LogP contribution in [0.3, 0.4) is 0 Å². The van der Waals surface area contributed by atoms with Gasteiger partial charge >= 0.3 is 12.3 Å². The van der Waals surface area contributed by atoms with Crippen molar-refractivity contribution in [3.63, 3.8) is 0 Å². The van der Waals surface area contributed by atoms with Crippen molar-refractivity contribution in [2.45, 2.75) is 6.18 Å². The van der Waals surface area contributed by atoms with E-state index in [9.17, 15) is 18.0 Å². The van der Waals surface area contributed by atoms with Gasteiger partial charge in [-0.15, -0.1) is 0 Å². The van der Waals surface area contributed by atoms with Crippen LogP contribution in [0.5, 0.6) is 0 Å². The molecular formula is C12H13F3N2O3. The highest BCUT2D eigenvalue weighted by Crippen LogP contribution is 2.34. The van der Waals surface area contributed by atoms with Gasteiger partial charge in [-0.2, -0.15) is 13.2 Å². The molecule has 5 nitrogen and oxygen atoms in total. The molecule has 1 aromatic rings. The quantitative estimate of drug-likeness (QED) is 0.879. The van der Waals surface area contributed by atoms with Gasteiger partial charge in [-0.1, -0.05) is 0 Å². The lowest BCUT2D eigenvalue weighted by atomic mass is 10.1. The standard InChI is InChI=1S/C12H13F3N2O3/c13-12(14,15)8-5-9(16-11(18)19)7-10(6-8)17-1-3-20-4-2-17/h5-7,16H,1-4H2,(H,18,19). The second-order valence-corrected chi connectivity index (χ2v) is 4.30. The number of hydrogen-bond donors (Lipinski definition) is 2. The molecule has 1 heterocycles. The Balaban J connectivity index is 2.36. The summed E-state index contributed by atoms with van der Waals surface area (Å²) in [6.45, 7) is 1.79. The predicted molar refractivity (Wildman–Crippen MR) is 66.1 cm³/mol. The smallest absolute Gasteiger partial charge is 0.416 e. The summed E-state index contributed by atoms with van der Waals surface area (Å²) in [5.41, 5.74) is -0.661. The Bertz CT molecular complexity index is 499. The number of amides is 1. The van der Waals surface area contributed by atoms with E-state index in [1.54, 1.807) is 4.90 Å². The van der Waals surface area contributed by atoms with Crippen LogP contribution in [0, 0.1) is 0 Å². The van der Waals surface area contributed by atoms with Gasteiger partial charge in [0.15, 0.2) is 0 Å². The Morgan fingerprint density at radius 2 is 1.90 bits per heavy atom. The van der Waals surface area contributed by atoms with Crippen LogP contribution in [-0.2, 0) is 10.9 Å². The van der Waals surface area contributed by atoms with Crippen molar-refractivity contribution in [2.24, 2.45) is 0 Å². The van der Waals surface area contributed by atoms with Gasteiger partial charge in [0, 0.05) is 24.5 Å². The van der Waals surface area contributed by atoms with Crippen LogP contribution in [0.1, 0.15) is 5.56 Å². The first-order chi connectivity index (χ1) is 9.36. The minimum Gasteiger partial charge on any atom is -0.465 e. The topological polar surface area (TPSA) is 61.8 Å². The number of nitrogens with one attached hydrogen (secondary N) is 1. The van der Waals surface area contributed by atoms with Gasteiger partial charge in [-0.05, 0) is 18.2 Å². The van der Waals surface area contributed by atoms with Crippen LogP contribution < -0.4 is 10.2 Å². The van der Waals surface area contributed by atoms with Crippen molar-refractivity contribution < 1.29 is 27.8 Å². The van der Waals surface area contributed by atoms with E-state index in [2.05, 4.69) is 0 Å². The van der Waals surface area contributed by atoms with E-state index in [0.29, 0.717) is 32.0 Å². The molecule has 1 amide bonds. The summed E-state index contributed by atoms with van der Waals surface area (Å²) >= 11 is 0. The van der Waals surface area contributed by atoms with Crippen LogP contribution in [0.25, 0.3) is 0 Å². The Labute approximate surface area is 112 Å². The molecule has 1 aliphatic heterocycles. The fourth-order valence-electron chi connectivity index (χ4n) is 1.97. The number of ether oxygens (including phenoxy) is 1. The number of alkyl halides is 3. The summed E-state index contributed by atoms with van der Waals surface area (Å²) in [6.07, 6.45) is -5.94. The first kappa shape index (κ1) is 14.4. The van der Waals surface area contributed by atoms with E-state index in [-0.39, 0.29) is 5.69 Å². The molecule has 0 saturated carbocycles. The summed E-state index contributed by atoms with van der Waals surface area (Å²) in [5, 5.41) is 10.6. The first-order valence-electron chi connectivity index (χ1n) is 5.91. The van der Waals surface area contributed by atoms with Crippen molar-refractivity contribution in [1.82, 2.24) is 0 Å². The molecule has 1 fully saturated rings. The zero-order valence-corrected chi connectivity index (χ0v) is 10.4. The Hall–Kier alpha value is -1.96. The number of benzene rings is 1. The number of carboxylic acid groups (broad SMARTS) is 1. The SMILES string of the molecule is O=C(O)Nc1cc(N2CCOCC2)cc(C(F)(F)F)c1. The number of rotatable bonds is 2. The lowest BCUT2D eigenvalue weighted by molar-refractivity contribution is -0.137. The molecule has 0 unspecified atom stereocenters. The second kappa shape index (κ2) is 5.58. The van der Waals surface area contributed by atoms with Crippen molar-refractivity contribution in [3.8, 4) is 0 Å². The molecule has 110 valence electrons. The van der Waals surface area contributed by atoms with Crippen molar-refractivity contribution in [2.75, 3.05) is 36.5 Å². The lowest BCUT2D eigenvalue weighted by Crippen LogP contribution is -2.36. The van der Waals surface area contributed by atoms with Crippen LogP contribution in [0.4, 0.5) is 29.3 Å². The van der Waals surface area contributed by atoms with Gasteiger partial charge in [0.1, 0.15) is 0 Å². The number of nitrogens with zero attached hydrogens (tertiary/aromatic N) is 1. The number of hydrogen-bond acceptors (Lipinski definition) is 3. The van der Waals surface area contributed by atoms with Gasteiger partial charge < -0.3 is 14.7 Å². The predicted octanol–water partition coefficient (Wildman–Crippen LogP) is 2.63. The van der Waals surface area contributed by atoms with Crippen molar-refractivity contribution in [1.29, 1.82) is 0 Å². The van der Waals surface area contributed by atoms with E-state index in [0.717, 1.165) is 12.1 Å². The van der Waals surface area contributed by atoms with E-state index in [4.69, 9.17) is 9.84 Å². The monoisotopic (exact) mass is 290 g/mol. The molecule has 0 radical (unpaired) electrons. The second-order valence-electron chi connectivity index (χ2n) is 4.30. The molecule has 20 heavy (non-hydrogen) atoms. The van der Waals surface area contributed by atoms with Crippen LogP contribution >= 0.6 is 0 Å². The third kappa shape index (κ3) is 3.53. The molecule has 1 aliphatic rings. The van der Waals surface area contributed by atoms with Crippen LogP contribution in [0.2, 0.25) is 0 Å². The molecule has 1 aromatic carbocycles. The Morgan fingerprint density at radius 1 is 1.25 bits per heavy atom. The van der Waals surface area contributed by atoms with Crippen molar-refractivity contribution in [3.05, 3.63) is 23.8 Å². The minimum absolute atomic E-state index is 0.103. The first-order valence-corrected chi connectivity index (χ1v) is 5.91. The molecule has 0 aliphatic carbocycles. The van der Waals surface area contributed by atoms with E-state index in [1.165, 1.54) is 6.07 Å². The summed E-state index contributed by atoms with van der Waals surface area (Å²) in [4.78, 5) is 12.3. The average molecular weight is 290 g/mol. The molecule has 0 spiro atoms. The molecule has 0 atom stereocenters. The lowest BCUT2D eigenvalue weighted by Gasteiger charge is -2.29. The molecule has 1 saturated heterocycles. The van der Waals surface area contributed by atoms with E-state index >= 15 is 0 Å². The molecule has 0 aromatic heterocycles. The molecule has 2 N–H and O–H groups in total. The van der Waals surface area contributed by atoms with Crippen LogP contribution in [-0.4, -0.2) is 37.5 Å². The highest BCUT2D eigenvalue weighted by molar-refractivity contribution is 5.84. The van der Waals surface area contributed by atoms with Crippen LogP contribution in [0.15, 0.2) is 18.2 Å². The Morgan fingerprint density at radius 3 is 2.45 bits per heavy atom. The normalized spacial score (nSPS) is 16.1. The highest BCUT2D eigenvalue weighted by Gasteiger charge is 2.32. The van der Waals surface area contributed by atoms with Gasteiger partial charge in [0.05, 0.1) is 18.8 Å². The van der Waals surface area contributed by atoms with E-state index in [1.807, 2.05) is 5.32 Å². The largest absolute Gasteiger partial charge is 0.465 e. The maximum absolute atomic E-state index is 12.8. The highest BCUT2D eigenvalue weighted by atomic mass is 19.4. The summed E-state index contributed by atoms with van der Waals surface area (Å²) in [6, 6.07) is 3.17. The third-order valence-corrected chi connectivity index (χ3v) is 2.87.